The Balaban J connectivity index is 2.33. The monoisotopic (exact) mass is 396 g/mol. The minimum absolute atomic E-state index is 0.00514. The van der Waals surface area contributed by atoms with Crippen LogP contribution >= 0.6 is 0 Å². The van der Waals surface area contributed by atoms with Crippen LogP contribution in [0.3, 0.4) is 0 Å². The van der Waals surface area contributed by atoms with E-state index in [0.29, 0.717) is 19.0 Å². The van der Waals surface area contributed by atoms with Crippen molar-refractivity contribution in [2.75, 3.05) is 19.7 Å². The van der Waals surface area contributed by atoms with Crippen molar-refractivity contribution in [1.29, 1.82) is 0 Å². The molecule has 2 saturated carbocycles. The molecule has 2 aliphatic carbocycles. The lowest BCUT2D eigenvalue weighted by molar-refractivity contribution is -0.140. The fourth-order valence-electron chi connectivity index (χ4n) is 5.34. The third-order valence-corrected chi connectivity index (χ3v) is 6.31. The van der Waals surface area contributed by atoms with Gasteiger partial charge in [-0.2, -0.15) is 0 Å². The largest absolute Gasteiger partial charge is 0.444 e. The van der Waals surface area contributed by atoms with Gasteiger partial charge in [0.1, 0.15) is 11.6 Å². The number of hydrogen-bond acceptors (Lipinski definition) is 4. The minimum Gasteiger partial charge on any atom is -0.444 e. The number of carbonyl (C=O) groups excluding carboxylic acids is 2. The van der Waals surface area contributed by atoms with Crippen molar-refractivity contribution >= 4 is 12.0 Å². The first kappa shape index (κ1) is 23.0. The molecule has 4 unspecified atom stereocenters. The van der Waals surface area contributed by atoms with Gasteiger partial charge >= 0.3 is 6.09 Å². The fourth-order valence-corrected chi connectivity index (χ4v) is 5.34. The lowest BCUT2D eigenvalue weighted by Gasteiger charge is -2.52. The van der Waals surface area contributed by atoms with Crippen LogP contribution in [0.4, 0.5) is 4.79 Å². The Morgan fingerprint density at radius 3 is 2.57 bits per heavy atom. The number of aliphatic hydroxyl groups excluding tert-OH is 1. The Labute approximate surface area is 170 Å². The van der Waals surface area contributed by atoms with Crippen LogP contribution < -0.4 is 5.32 Å². The van der Waals surface area contributed by atoms with Gasteiger partial charge in [0.05, 0.1) is 0 Å². The zero-order valence-electron chi connectivity index (χ0n) is 18.4. The molecule has 2 bridgehead atoms. The zero-order chi connectivity index (χ0) is 20.9. The number of ether oxygens (including phenoxy) is 1. The highest BCUT2D eigenvalue weighted by Crippen LogP contribution is 2.53. The molecule has 0 spiro atoms. The first-order valence-electron chi connectivity index (χ1n) is 11.0. The normalized spacial score (nSPS) is 28.4. The molecule has 6 nitrogen and oxygen atoms in total. The molecule has 4 atom stereocenters. The molecule has 28 heavy (non-hydrogen) atoms. The predicted octanol–water partition coefficient (Wildman–Crippen LogP) is 3.72. The fraction of sp³-hybridized carbons (Fsp3) is 0.909. The van der Waals surface area contributed by atoms with E-state index in [9.17, 15) is 14.7 Å². The topological polar surface area (TPSA) is 78.9 Å². The number of aliphatic hydroxyl groups is 1. The molecule has 2 N–H and O–H groups in total. The second-order valence-corrected chi connectivity index (χ2v) is 9.81. The van der Waals surface area contributed by atoms with E-state index in [1.54, 1.807) is 0 Å². The standard InChI is InChI=1S/C22H40N2O4/c1-6-11-24(7-2)19(26)18(23-20(27)28-21(3,4)5)22-10-8-9-16(13-22)12-17(14-22)15-25/h16-18,25H,6-15H2,1-5H3,(H,23,27). The molecule has 2 aliphatic rings. The van der Waals surface area contributed by atoms with E-state index >= 15 is 0 Å². The van der Waals surface area contributed by atoms with Crippen molar-refractivity contribution in [3.8, 4) is 0 Å². The Bertz CT molecular complexity index is 545. The zero-order valence-corrected chi connectivity index (χ0v) is 18.4. The van der Waals surface area contributed by atoms with E-state index in [1.807, 2.05) is 32.6 Å². The van der Waals surface area contributed by atoms with E-state index in [0.717, 1.165) is 44.9 Å². The molecule has 0 heterocycles. The number of alkyl carbamates (subject to hydrolysis) is 1. The quantitative estimate of drug-likeness (QED) is 0.687. The minimum atomic E-state index is -0.613. The third-order valence-electron chi connectivity index (χ3n) is 6.31. The Morgan fingerprint density at radius 1 is 1.29 bits per heavy atom. The van der Waals surface area contributed by atoms with Gasteiger partial charge in [-0.15, -0.1) is 0 Å². The highest BCUT2D eigenvalue weighted by atomic mass is 16.6. The van der Waals surface area contributed by atoms with Crippen LogP contribution in [-0.2, 0) is 9.53 Å². The first-order chi connectivity index (χ1) is 13.1. The van der Waals surface area contributed by atoms with Gasteiger partial charge < -0.3 is 20.1 Å². The molecule has 6 heteroatoms. The van der Waals surface area contributed by atoms with Crippen molar-refractivity contribution < 1.29 is 19.4 Å². The number of hydrogen-bond donors (Lipinski definition) is 2. The van der Waals surface area contributed by atoms with E-state index < -0.39 is 17.7 Å². The molecule has 0 radical (unpaired) electrons. The van der Waals surface area contributed by atoms with E-state index in [4.69, 9.17) is 4.74 Å². The van der Waals surface area contributed by atoms with Crippen LogP contribution in [0.1, 0.15) is 79.6 Å². The molecule has 0 aromatic rings. The maximum Gasteiger partial charge on any atom is 0.408 e. The van der Waals surface area contributed by atoms with Gasteiger partial charge in [0, 0.05) is 25.1 Å². The van der Waals surface area contributed by atoms with Gasteiger partial charge in [0.2, 0.25) is 5.91 Å². The van der Waals surface area contributed by atoms with Gasteiger partial charge in [-0.3, -0.25) is 4.79 Å². The molecule has 162 valence electrons. The summed E-state index contributed by atoms with van der Waals surface area (Å²) in [5, 5.41) is 12.8. The summed E-state index contributed by atoms with van der Waals surface area (Å²) in [6.45, 7) is 11.0. The van der Waals surface area contributed by atoms with Gasteiger partial charge in [-0.25, -0.2) is 4.79 Å². The maximum absolute atomic E-state index is 13.5. The number of fused-ring (bicyclic) bond motifs is 2. The summed E-state index contributed by atoms with van der Waals surface area (Å²) in [7, 11) is 0. The molecular formula is C22H40N2O4. The highest BCUT2D eigenvalue weighted by Gasteiger charge is 2.51. The number of nitrogens with zero attached hydrogens (tertiary/aromatic N) is 1. The molecule has 0 aromatic heterocycles. The summed E-state index contributed by atoms with van der Waals surface area (Å²) in [6, 6.07) is -0.592. The van der Waals surface area contributed by atoms with E-state index in [2.05, 4.69) is 12.2 Å². The Hall–Kier alpha value is -1.30. The molecule has 2 fully saturated rings. The number of amides is 2. The number of nitrogens with one attached hydrogen (secondary N) is 1. The van der Waals surface area contributed by atoms with Crippen LogP contribution in [0.25, 0.3) is 0 Å². The second-order valence-electron chi connectivity index (χ2n) is 9.81. The molecule has 2 rings (SSSR count). The van der Waals surface area contributed by atoms with Crippen LogP contribution in [0.5, 0.6) is 0 Å². The predicted molar refractivity (Wildman–Crippen MR) is 110 cm³/mol. The van der Waals surface area contributed by atoms with Crippen molar-refractivity contribution in [1.82, 2.24) is 10.2 Å². The van der Waals surface area contributed by atoms with E-state index in [-0.39, 0.29) is 23.8 Å². The summed E-state index contributed by atoms with van der Waals surface area (Å²) in [6.07, 6.45) is 6.25. The van der Waals surface area contributed by atoms with Crippen molar-refractivity contribution in [2.24, 2.45) is 17.3 Å². The SMILES string of the molecule is CCCN(CC)C(=O)C(NC(=O)OC(C)(C)C)C12CCCC(CC(CO)C1)C2. The van der Waals surface area contributed by atoms with Gasteiger partial charge in [-0.1, -0.05) is 19.8 Å². The summed E-state index contributed by atoms with van der Waals surface area (Å²) in [5.41, 5.74) is -0.901. The third kappa shape index (κ3) is 5.62. The van der Waals surface area contributed by atoms with Crippen molar-refractivity contribution in [2.45, 2.75) is 91.2 Å². The van der Waals surface area contributed by atoms with Gasteiger partial charge in [0.15, 0.2) is 0 Å². The summed E-state index contributed by atoms with van der Waals surface area (Å²) < 4.78 is 5.50. The number of carbonyl (C=O) groups is 2. The molecule has 2 amide bonds. The maximum atomic E-state index is 13.5. The van der Waals surface area contributed by atoms with Crippen LogP contribution in [0.2, 0.25) is 0 Å². The molecule has 0 saturated heterocycles. The Morgan fingerprint density at radius 2 is 2.00 bits per heavy atom. The van der Waals surface area contributed by atoms with Gasteiger partial charge in [-0.05, 0) is 71.6 Å². The highest BCUT2D eigenvalue weighted by molar-refractivity contribution is 5.86. The smallest absolute Gasteiger partial charge is 0.408 e. The lowest BCUT2D eigenvalue weighted by Crippen LogP contribution is -2.60. The Kier molecular flexibility index (Phi) is 7.77. The molecular weight excluding hydrogens is 356 g/mol. The van der Waals surface area contributed by atoms with E-state index in [1.165, 1.54) is 0 Å². The average molecular weight is 397 g/mol. The van der Waals surface area contributed by atoms with Crippen molar-refractivity contribution in [3.05, 3.63) is 0 Å². The summed E-state index contributed by atoms with van der Waals surface area (Å²) >= 11 is 0. The van der Waals surface area contributed by atoms with Gasteiger partial charge in [0.25, 0.3) is 0 Å². The second kappa shape index (κ2) is 9.47. The molecule has 0 aliphatic heterocycles. The van der Waals surface area contributed by atoms with Crippen LogP contribution in [-0.4, -0.2) is 53.3 Å². The van der Waals surface area contributed by atoms with Crippen LogP contribution in [0, 0.1) is 17.3 Å². The first-order valence-corrected chi connectivity index (χ1v) is 11.0. The lowest BCUT2D eigenvalue weighted by atomic mass is 9.56. The van der Waals surface area contributed by atoms with Crippen molar-refractivity contribution in [3.63, 3.8) is 0 Å². The summed E-state index contributed by atoms with van der Waals surface area (Å²) in [4.78, 5) is 28.0. The number of rotatable bonds is 7. The van der Waals surface area contributed by atoms with Crippen LogP contribution in [0.15, 0.2) is 0 Å². The average Bonchev–Trinajstić information content (AvgIpc) is 2.61. The molecule has 0 aromatic carbocycles. The number of likely N-dealkylation sites (N-methyl/N-ethyl adjacent to an activating group) is 1. The summed E-state index contributed by atoms with van der Waals surface area (Å²) in [5.74, 6) is 0.724.